The van der Waals surface area contributed by atoms with E-state index in [-0.39, 0.29) is 12.5 Å². The van der Waals surface area contributed by atoms with Gasteiger partial charge >= 0.3 is 0 Å². The molecule has 4 nitrogen and oxygen atoms in total. The maximum absolute atomic E-state index is 11.6. The normalized spacial score (nSPS) is 9.83. The third kappa shape index (κ3) is 3.59. The van der Waals surface area contributed by atoms with Crippen LogP contribution in [0.25, 0.3) is 0 Å². The molecule has 0 spiro atoms. The molecule has 0 unspecified atom stereocenters. The molecule has 2 aromatic rings. The lowest BCUT2D eigenvalue weighted by molar-refractivity contribution is -0.118. The van der Waals surface area contributed by atoms with E-state index >= 15 is 0 Å². The highest BCUT2D eigenvalue weighted by Gasteiger charge is 2.03. The number of para-hydroxylation sites is 1. The van der Waals surface area contributed by atoms with Crippen LogP contribution in [-0.2, 0) is 4.79 Å². The van der Waals surface area contributed by atoms with Gasteiger partial charge in [0.1, 0.15) is 5.75 Å². The third-order valence-corrected chi connectivity index (χ3v) is 2.31. The predicted molar refractivity (Wildman–Crippen MR) is 69.5 cm³/mol. The Kier molecular flexibility index (Phi) is 3.91. The van der Waals surface area contributed by atoms with E-state index in [1.165, 1.54) is 0 Å². The molecule has 0 aliphatic carbocycles. The van der Waals surface area contributed by atoms with Crippen LogP contribution in [-0.4, -0.2) is 17.5 Å². The molecule has 18 heavy (non-hydrogen) atoms. The van der Waals surface area contributed by atoms with Gasteiger partial charge in [0.05, 0.1) is 11.9 Å². The lowest BCUT2D eigenvalue weighted by Crippen LogP contribution is -2.20. The van der Waals surface area contributed by atoms with Crippen LogP contribution in [0.15, 0.2) is 48.7 Å². The number of rotatable bonds is 4. The van der Waals surface area contributed by atoms with E-state index in [1.807, 2.05) is 37.3 Å². The Morgan fingerprint density at radius 1 is 1.22 bits per heavy atom. The fraction of sp³-hybridized carbons (Fsp3) is 0.143. The molecule has 1 aromatic carbocycles. The van der Waals surface area contributed by atoms with Gasteiger partial charge in [-0.25, -0.2) is 0 Å². The average molecular weight is 242 g/mol. The molecule has 2 rings (SSSR count). The van der Waals surface area contributed by atoms with Gasteiger partial charge in [-0.05, 0) is 31.2 Å². The molecule has 1 N–H and O–H groups in total. The number of nitrogens with zero attached hydrogens (tertiary/aromatic N) is 1. The largest absolute Gasteiger partial charge is 0.484 e. The number of anilines is 1. The summed E-state index contributed by atoms with van der Waals surface area (Å²) in [6, 6.07) is 12.9. The van der Waals surface area contributed by atoms with Gasteiger partial charge < -0.3 is 10.1 Å². The monoisotopic (exact) mass is 242 g/mol. The second kappa shape index (κ2) is 5.82. The van der Waals surface area contributed by atoms with Crippen LogP contribution in [0.1, 0.15) is 5.69 Å². The van der Waals surface area contributed by atoms with E-state index in [4.69, 9.17) is 4.74 Å². The van der Waals surface area contributed by atoms with Crippen LogP contribution in [0, 0.1) is 6.92 Å². The molecule has 0 saturated heterocycles. The Morgan fingerprint density at radius 3 is 2.67 bits per heavy atom. The molecule has 0 radical (unpaired) electrons. The summed E-state index contributed by atoms with van der Waals surface area (Å²) in [5.74, 6) is 0.471. The minimum Gasteiger partial charge on any atom is -0.484 e. The zero-order valence-corrected chi connectivity index (χ0v) is 10.1. The molecular weight excluding hydrogens is 228 g/mol. The van der Waals surface area contributed by atoms with Crippen molar-refractivity contribution in [2.75, 3.05) is 11.9 Å². The molecule has 0 bridgehead atoms. The summed E-state index contributed by atoms with van der Waals surface area (Å²) in [6.45, 7) is 1.88. The summed E-state index contributed by atoms with van der Waals surface area (Å²) < 4.78 is 5.33. The first-order chi connectivity index (χ1) is 8.74. The SMILES string of the molecule is Cc1ccc(NC(=O)COc2ccccc2)cn1. The van der Waals surface area contributed by atoms with Crippen molar-refractivity contribution in [3.63, 3.8) is 0 Å². The number of aryl methyl sites for hydroxylation is 1. The number of carbonyl (C=O) groups is 1. The predicted octanol–water partition coefficient (Wildman–Crippen LogP) is 2.41. The highest BCUT2D eigenvalue weighted by atomic mass is 16.5. The quantitative estimate of drug-likeness (QED) is 0.895. The van der Waals surface area contributed by atoms with Gasteiger partial charge in [0, 0.05) is 5.69 Å². The molecule has 0 aliphatic heterocycles. The van der Waals surface area contributed by atoms with Crippen molar-refractivity contribution in [3.05, 3.63) is 54.4 Å². The van der Waals surface area contributed by atoms with Gasteiger partial charge in [0.2, 0.25) is 0 Å². The second-order valence-corrected chi connectivity index (χ2v) is 3.84. The standard InChI is InChI=1S/C14H14N2O2/c1-11-7-8-12(9-15-11)16-14(17)10-18-13-5-3-2-4-6-13/h2-9H,10H2,1H3,(H,16,17). The molecule has 0 saturated carbocycles. The van der Waals surface area contributed by atoms with E-state index in [0.29, 0.717) is 11.4 Å². The van der Waals surface area contributed by atoms with Crippen molar-refractivity contribution in [3.8, 4) is 5.75 Å². The summed E-state index contributed by atoms with van der Waals surface area (Å²) in [5.41, 5.74) is 1.58. The van der Waals surface area contributed by atoms with Crippen molar-refractivity contribution in [1.82, 2.24) is 4.98 Å². The lowest BCUT2D eigenvalue weighted by Gasteiger charge is -2.07. The van der Waals surface area contributed by atoms with Crippen LogP contribution in [0.4, 0.5) is 5.69 Å². The van der Waals surface area contributed by atoms with Crippen LogP contribution in [0.2, 0.25) is 0 Å². The summed E-state index contributed by atoms with van der Waals surface area (Å²) in [4.78, 5) is 15.7. The van der Waals surface area contributed by atoms with Crippen molar-refractivity contribution in [2.24, 2.45) is 0 Å². The Morgan fingerprint density at radius 2 is 2.00 bits per heavy atom. The molecule has 0 atom stereocenters. The fourth-order valence-electron chi connectivity index (χ4n) is 1.40. The van der Waals surface area contributed by atoms with Gasteiger partial charge in [-0.15, -0.1) is 0 Å². The summed E-state index contributed by atoms with van der Waals surface area (Å²) in [7, 11) is 0. The van der Waals surface area contributed by atoms with Gasteiger partial charge in [-0.1, -0.05) is 18.2 Å². The minimum absolute atomic E-state index is 0.0160. The molecule has 1 amide bonds. The molecule has 92 valence electrons. The number of ether oxygens (including phenoxy) is 1. The summed E-state index contributed by atoms with van der Waals surface area (Å²) in [6.07, 6.45) is 1.62. The van der Waals surface area contributed by atoms with Crippen LogP contribution in [0.5, 0.6) is 5.75 Å². The first-order valence-corrected chi connectivity index (χ1v) is 5.64. The third-order valence-electron chi connectivity index (χ3n) is 2.31. The number of benzene rings is 1. The van der Waals surface area contributed by atoms with E-state index in [9.17, 15) is 4.79 Å². The summed E-state index contributed by atoms with van der Waals surface area (Å²) in [5, 5.41) is 2.71. The van der Waals surface area contributed by atoms with Gasteiger partial charge in [0.15, 0.2) is 6.61 Å². The smallest absolute Gasteiger partial charge is 0.262 e. The van der Waals surface area contributed by atoms with Crippen molar-refractivity contribution >= 4 is 11.6 Å². The average Bonchev–Trinajstić information content (AvgIpc) is 2.40. The fourth-order valence-corrected chi connectivity index (χ4v) is 1.40. The number of pyridine rings is 1. The first-order valence-electron chi connectivity index (χ1n) is 5.64. The van der Waals surface area contributed by atoms with Crippen LogP contribution in [0.3, 0.4) is 0 Å². The van der Waals surface area contributed by atoms with Gasteiger partial charge in [0.25, 0.3) is 5.91 Å². The topological polar surface area (TPSA) is 51.2 Å². The second-order valence-electron chi connectivity index (χ2n) is 3.84. The number of carbonyl (C=O) groups excluding carboxylic acids is 1. The number of hydrogen-bond donors (Lipinski definition) is 1. The Hall–Kier alpha value is -2.36. The molecule has 1 heterocycles. The lowest BCUT2D eigenvalue weighted by atomic mass is 10.3. The number of hydrogen-bond acceptors (Lipinski definition) is 3. The van der Waals surface area contributed by atoms with Gasteiger partial charge in [-0.2, -0.15) is 0 Å². The minimum atomic E-state index is -0.204. The molecule has 0 fully saturated rings. The van der Waals surface area contributed by atoms with Gasteiger partial charge in [-0.3, -0.25) is 9.78 Å². The number of amides is 1. The molecular formula is C14H14N2O2. The van der Waals surface area contributed by atoms with Crippen LogP contribution < -0.4 is 10.1 Å². The van der Waals surface area contributed by atoms with Crippen LogP contribution >= 0.6 is 0 Å². The van der Waals surface area contributed by atoms with E-state index < -0.39 is 0 Å². The molecule has 0 aliphatic rings. The van der Waals surface area contributed by atoms with E-state index in [1.54, 1.807) is 18.3 Å². The Balaban J connectivity index is 1.84. The van der Waals surface area contributed by atoms with E-state index in [0.717, 1.165) is 5.69 Å². The van der Waals surface area contributed by atoms with Crippen molar-refractivity contribution in [2.45, 2.75) is 6.92 Å². The van der Waals surface area contributed by atoms with E-state index in [2.05, 4.69) is 10.3 Å². The maximum Gasteiger partial charge on any atom is 0.262 e. The highest BCUT2D eigenvalue weighted by Crippen LogP contribution is 2.09. The van der Waals surface area contributed by atoms with Crippen molar-refractivity contribution in [1.29, 1.82) is 0 Å². The Bertz CT molecular complexity index is 509. The molecule has 4 heteroatoms. The summed E-state index contributed by atoms with van der Waals surface area (Å²) >= 11 is 0. The zero-order valence-electron chi connectivity index (χ0n) is 10.1. The number of nitrogens with one attached hydrogen (secondary N) is 1. The first kappa shape index (κ1) is 12.1. The Labute approximate surface area is 106 Å². The van der Waals surface area contributed by atoms with Crippen molar-refractivity contribution < 1.29 is 9.53 Å². The number of aromatic nitrogens is 1. The zero-order chi connectivity index (χ0) is 12.8. The molecule has 1 aromatic heterocycles. The maximum atomic E-state index is 11.6. The highest BCUT2D eigenvalue weighted by molar-refractivity contribution is 5.91.